The first kappa shape index (κ1) is 13.8. The number of carbonyl (C=O) groups is 1. The lowest BCUT2D eigenvalue weighted by Crippen LogP contribution is -2.03. The first-order valence-electron chi connectivity index (χ1n) is 5.92. The van der Waals surface area contributed by atoms with E-state index in [1.165, 1.54) is 18.5 Å². The van der Waals surface area contributed by atoms with E-state index in [4.69, 9.17) is 10.8 Å². The van der Waals surface area contributed by atoms with Gasteiger partial charge in [-0.25, -0.2) is 9.18 Å². The highest BCUT2D eigenvalue weighted by molar-refractivity contribution is 6.03. The molecular formula is C14H14FN3O2. The molecule has 0 unspecified atom stereocenters. The summed E-state index contributed by atoms with van der Waals surface area (Å²) >= 11 is 0. The zero-order valence-electron chi connectivity index (χ0n) is 10.9. The molecule has 0 amide bonds. The third-order valence-corrected chi connectivity index (χ3v) is 2.95. The number of carboxylic acids is 1. The van der Waals surface area contributed by atoms with Crippen molar-refractivity contribution >= 4 is 23.1 Å². The quantitative estimate of drug-likeness (QED) is 0.838. The van der Waals surface area contributed by atoms with Crippen LogP contribution < -0.4 is 5.73 Å². The van der Waals surface area contributed by atoms with Gasteiger partial charge < -0.3 is 15.4 Å². The highest BCUT2D eigenvalue weighted by Crippen LogP contribution is 2.25. The van der Waals surface area contributed by atoms with Crippen molar-refractivity contribution in [2.75, 3.05) is 7.05 Å². The van der Waals surface area contributed by atoms with Crippen LogP contribution in [0.25, 0.3) is 10.9 Å². The van der Waals surface area contributed by atoms with E-state index < -0.39 is 11.8 Å². The molecule has 5 nitrogen and oxygen atoms in total. The fraction of sp³-hybridized carbons (Fsp3) is 0.143. The molecule has 0 fully saturated rings. The Morgan fingerprint density at radius 3 is 2.90 bits per heavy atom. The zero-order valence-corrected chi connectivity index (χ0v) is 10.9. The second kappa shape index (κ2) is 5.56. The molecule has 6 heteroatoms. The second-order valence-corrected chi connectivity index (χ2v) is 4.24. The van der Waals surface area contributed by atoms with Crippen LogP contribution in [0.15, 0.2) is 41.2 Å². The molecule has 2 aromatic rings. The van der Waals surface area contributed by atoms with Gasteiger partial charge in [-0.15, -0.1) is 0 Å². The van der Waals surface area contributed by atoms with Gasteiger partial charge in [0.15, 0.2) is 0 Å². The lowest BCUT2D eigenvalue weighted by Gasteiger charge is -2.05. The summed E-state index contributed by atoms with van der Waals surface area (Å²) in [7, 11) is 1.61. The van der Waals surface area contributed by atoms with Crippen molar-refractivity contribution in [3.63, 3.8) is 0 Å². The number of allylic oxidation sites excluding steroid dienone is 1. The maximum Gasteiger partial charge on any atom is 0.337 e. The van der Waals surface area contributed by atoms with E-state index in [0.717, 1.165) is 0 Å². The van der Waals surface area contributed by atoms with Gasteiger partial charge in [-0.3, -0.25) is 4.99 Å². The minimum absolute atomic E-state index is 0.0668. The molecule has 0 radical (unpaired) electrons. The molecule has 2 rings (SSSR count). The van der Waals surface area contributed by atoms with Crippen LogP contribution in [-0.2, 0) is 6.54 Å². The third kappa shape index (κ3) is 2.40. The van der Waals surface area contributed by atoms with Crippen molar-refractivity contribution < 1.29 is 14.3 Å². The van der Waals surface area contributed by atoms with Crippen molar-refractivity contribution in [2.45, 2.75) is 6.54 Å². The monoisotopic (exact) mass is 275 g/mol. The molecule has 1 aromatic heterocycles. The summed E-state index contributed by atoms with van der Waals surface area (Å²) < 4.78 is 15.5. The van der Waals surface area contributed by atoms with Gasteiger partial charge in [-0.05, 0) is 12.1 Å². The summed E-state index contributed by atoms with van der Waals surface area (Å²) in [5.41, 5.74) is 6.63. The first-order chi connectivity index (χ1) is 9.58. The highest BCUT2D eigenvalue weighted by atomic mass is 19.1. The Bertz CT molecular complexity index is 717. The van der Waals surface area contributed by atoms with E-state index in [1.54, 1.807) is 30.0 Å². The number of nitrogens with zero attached hydrogens (tertiary/aromatic N) is 2. The maximum absolute atomic E-state index is 13.8. The van der Waals surface area contributed by atoms with Crippen LogP contribution in [-0.4, -0.2) is 28.9 Å². The number of fused-ring (bicyclic) bond motifs is 1. The van der Waals surface area contributed by atoms with Gasteiger partial charge in [-0.1, -0.05) is 6.07 Å². The van der Waals surface area contributed by atoms with Gasteiger partial charge in [0.1, 0.15) is 5.82 Å². The predicted octanol–water partition coefficient (Wildman–Crippen LogP) is 2.02. The van der Waals surface area contributed by atoms with Crippen LogP contribution in [0.3, 0.4) is 0 Å². The van der Waals surface area contributed by atoms with Gasteiger partial charge >= 0.3 is 5.97 Å². The normalized spacial score (nSPS) is 12.4. The topological polar surface area (TPSA) is 80.6 Å². The fourth-order valence-corrected chi connectivity index (χ4v) is 2.10. The Morgan fingerprint density at radius 2 is 2.30 bits per heavy atom. The Labute approximate surface area is 114 Å². The van der Waals surface area contributed by atoms with Gasteiger partial charge in [0, 0.05) is 36.6 Å². The van der Waals surface area contributed by atoms with Gasteiger partial charge in [0.25, 0.3) is 0 Å². The van der Waals surface area contributed by atoms with Crippen molar-refractivity contribution in [3.05, 3.63) is 47.5 Å². The molecule has 0 saturated heterocycles. The predicted molar refractivity (Wildman–Crippen MR) is 75.5 cm³/mol. The molecule has 0 aliphatic carbocycles. The number of aliphatic imine (C=N–C) groups is 1. The third-order valence-electron chi connectivity index (χ3n) is 2.95. The molecule has 0 saturated carbocycles. The second-order valence-electron chi connectivity index (χ2n) is 4.24. The molecule has 0 atom stereocenters. The van der Waals surface area contributed by atoms with Crippen LogP contribution in [0.1, 0.15) is 10.4 Å². The largest absolute Gasteiger partial charge is 0.478 e. The Kier molecular flexibility index (Phi) is 3.84. The summed E-state index contributed by atoms with van der Waals surface area (Å²) in [5, 5.41) is 9.27. The number of rotatable bonds is 4. The van der Waals surface area contributed by atoms with Gasteiger partial charge in [0.2, 0.25) is 0 Å². The summed E-state index contributed by atoms with van der Waals surface area (Å²) in [6.07, 6.45) is 4.37. The van der Waals surface area contributed by atoms with Crippen LogP contribution in [0, 0.1) is 5.82 Å². The highest BCUT2D eigenvalue weighted by Gasteiger charge is 2.17. The van der Waals surface area contributed by atoms with Crippen LogP contribution in [0.4, 0.5) is 4.39 Å². The lowest BCUT2D eigenvalue weighted by molar-refractivity contribution is 0.0698. The summed E-state index contributed by atoms with van der Waals surface area (Å²) in [4.78, 5) is 15.1. The number of carboxylic acid groups (broad SMARTS) is 1. The van der Waals surface area contributed by atoms with Crippen LogP contribution in [0.2, 0.25) is 0 Å². The molecule has 0 spiro atoms. The first-order valence-corrected chi connectivity index (χ1v) is 5.92. The van der Waals surface area contributed by atoms with Gasteiger partial charge in [0.05, 0.1) is 17.6 Å². The Morgan fingerprint density at radius 1 is 1.55 bits per heavy atom. The number of halogens is 1. The van der Waals surface area contributed by atoms with E-state index in [2.05, 4.69) is 4.99 Å². The number of hydrogen-bond donors (Lipinski definition) is 2. The molecule has 3 N–H and O–H groups in total. The van der Waals surface area contributed by atoms with E-state index in [-0.39, 0.29) is 10.9 Å². The van der Waals surface area contributed by atoms with Crippen molar-refractivity contribution in [1.29, 1.82) is 0 Å². The summed E-state index contributed by atoms with van der Waals surface area (Å²) in [6, 6.07) is 4.45. The fourth-order valence-electron chi connectivity index (χ4n) is 2.10. The van der Waals surface area contributed by atoms with Crippen molar-refractivity contribution in [1.82, 2.24) is 4.57 Å². The molecule has 0 bridgehead atoms. The van der Waals surface area contributed by atoms with Crippen molar-refractivity contribution in [2.24, 2.45) is 10.7 Å². The lowest BCUT2D eigenvalue weighted by atomic mass is 10.1. The van der Waals surface area contributed by atoms with E-state index >= 15 is 0 Å². The number of aromatic nitrogens is 1. The van der Waals surface area contributed by atoms with Crippen LogP contribution in [0.5, 0.6) is 0 Å². The minimum Gasteiger partial charge on any atom is -0.478 e. The van der Waals surface area contributed by atoms with E-state index in [9.17, 15) is 9.18 Å². The molecule has 1 aromatic carbocycles. The van der Waals surface area contributed by atoms with Gasteiger partial charge in [-0.2, -0.15) is 0 Å². The molecule has 20 heavy (non-hydrogen) atoms. The minimum atomic E-state index is -1.17. The summed E-state index contributed by atoms with van der Waals surface area (Å²) in [6.45, 7) is 0.321. The number of nitrogens with two attached hydrogens (primary N) is 1. The molecule has 1 heterocycles. The van der Waals surface area contributed by atoms with E-state index in [1.807, 2.05) is 0 Å². The SMILES string of the molecule is CN=CC(=CN)Cn1cc(C(=O)O)c2c(F)cccc21. The average Bonchev–Trinajstić information content (AvgIpc) is 2.79. The number of aromatic carboxylic acids is 1. The molecule has 0 aliphatic rings. The average molecular weight is 275 g/mol. The smallest absolute Gasteiger partial charge is 0.337 e. The standard InChI is InChI=1S/C14H14FN3O2/c1-17-6-9(5-16)7-18-8-10(14(19)20)13-11(15)3-2-4-12(13)18/h2-6,8H,7,16H2,1H3,(H,19,20). The zero-order chi connectivity index (χ0) is 14.7. The number of hydrogen-bond acceptors (Lipinski definition) is 3. The molecule has 0 aliphatic heterocycles. The van der Waals surface area contributed by atoms with Crippen molar-refractivity contribution in [3.8, 4) is 0 Å². The van der Waals surface area contributed by atoms with Crippen LogP contribution >= 0.6 is 0 Å². The maximum atomic E-state index is 13.8. The van der Waals surface area contributed by atoms with E-state index in [0.29, 0.717) is 17.6 Å². The molecule has 104 valence electrons. The molecular weight excluding hydrogens is 261 g/mol. The Hall–Kier alpha value is -2.63. The number of benzene rings is 1. The Balaban J connectivity index is 2.60. The summed E-state index contributed by atoms with van der Waals surface area (Å²) in [5.74, 6) is -1.72.